The van der Waals surface area contributed by atoms with Gasteiger partial charge in [0.15, 0.2) is 0 Å². The van der Waals surface area contributed by atoms with E-state index in [9.17, 15) is 14.7 Å². The molecular weight excluding hydrogens is 354 g/mol. The molecule has 2 N–H and O–H groups in total. The number of nitrogens with one attached hydrogen (secondary N) is 1. The fourth-order valence-electron chi connectivity index (χ4n) is 2.92. The van der Waals surface area contributed by atoms with Crippen LogP contribution in [0.15, 0.2) is 78.9 Å². The Morgan fingerprint density at radius 1 is 0.929 bits per heavy atom. The topological polar surface area (TPSA) is 75.6 Å². The molecule has 1 amide bonds. The van der Waals surface area contributed by atoms with Crippen LogP contribution in [0, 0.1) is 0 Å². The smallest absolute Gasteiger partial charge is 0.328 e. The number of hydrogen-bond donors (Lipinski definition) is 2. The molecular formula is C23H21NO4. The van der Waals surface area contributed by atoms with E-state index in [-0.39, 0.29) is 11.3 Å². The molecule has 1 atom stereocenters. The lowest BCUT2D eigenvalue weighted by Crippen LogP contribution is -2.43. The largest absolute Gasteiger partial charge is 0.508 e. The van der Waals surface area contributed by atoms with Gasteiger partial charge in [-0.2, -0.15) is 0 Å². The van der Waals surface area contributed by atoms with E-state index in [4.69, 9.17) is 4.74 Å². The summed E-state index contributed by atoms with van der Waals surface area (Å²) in [6.45, 7) is 0. The molecule has 0 aliphatic carbocycles. The van der Waals surface area contributed by atoms with Crippen LogP contribution in [0.5, 0.6) is 5.75 Å². The van der Waals surface area contributed by atoms with Gasteiger partial charge in [0.05, 0.1) is 7.11 Å². The molecule has 3 rings (SSSR count). The normalized spacial score (nSPS) is 11.5. The highest BCUT2D eigenvalue weighted by atomic mass is 16.5. The van der Waals surface area contributed by atoms with Crippen LogP contribution in [0.25, 0.3) is 11.1 Å². The minimum atomic E-state index is -0.831. The monoisotopic (exact) mass is 375 g/mol. The van der Waals surface area contributed by atoms with Crippen LogP contribution in [0.4, 0.5) is 0 Å². The first-order chi connectivity index (χ1) is 13.6. The molecule has 0 unspecified atom stereocenters. The molecule has 5 heteroatoms. The number of phenolic OH excluding ortho intramolecular Hbond substituents is 1. The fraction of sp³-hybridized carbons (Fsp3) is 0.130. The molecule has 0 radical (unpaired) electrons. The summed E-state index contributed by atoms with van der Waals surface area (Å²) in [6.07, 6.45) is 0.298. The number of carbonyl (C=O) groups excluding carboxylic acids is 2. The number of aromatic hydroxyl groups is 1. The van der Waals surface area contributed by atoms with E-state index in [2.05, 4.69) is 5.32 Å². The molecule has 0 aromatic heterocycles. The van der Waals surface area contributed by atoms with Crippen molar-refractivity contribution in [3.05, 3.63) is 90.0 Å². The molecule has 0 saturated heterocycles. The van der Waals surface area contributed by atoms with Crippen LogP contribution < -0.4 is 5.32 Å². The predicted molar refractivity (Wildman–Crippen MR) is 107 cm³/mol. The maximum atomic E-state index is 12.4. The van der Waals surface area contributed by atoms with E-state index in [0.29, 0.717) is 6.42 Å². The summed E-state index contributed by atoms with van der Waals surface area (Å²) >= 11 is 0. The summed E-state index contributed by atoms with van der Waals surface area (Å²) in [4.78, 5) is 24.6. The van der Waals surface area contributed by atoms with E-state index in [0.717, 1.165) is 16.7 Å². The van der Waals surface area contributed by atoms with Gasteiger partial charge in [0.2, 0.25) is 0 Å². The Kier molecular flexibility index (Phi) is 6.07. The number of phenols is 1. The van der Waals surface area contributed by atoms with Crippen LogP contribution in [-0.4, -0.2) is 30.1 Å². The Morgan fingerprint density at radius 3 is 2.25 bits per heavy atom. The average Bonchev–Trinajstić information content (AvgIpc) is 2.73. The maximum Gasteiger partial charge on any atom is 0.328 e. The van der Waals surface area contributed by atoms with Crippen molar-refractivity contribution in [2.75, 3.05) is 7.11 Å². The van der Waals surface area contributed by atoms with E-state index >= 15 is 0 Å². The molecule has 5 nitrogen and oxygen atoms in total. The third kappa shape index (κ3) is 4.76. The van der Waals surface area contributed by atoms with Crippen LogP contribution in [0.1, 0.15) is 15.9 Å². The van der Waals surface area contributed by atoms with Crippen LogP contribution in [-0.2, 0) is 16.0 Å². The SMILES string of the molecule is COC(=O)[C@@H](Cc1ccc(-c2ccccc2)cc1)NC(=O)c1cccc(O)c1. The summed E-state index contributed by atoms with van der Waals surface area (Å²) in [5, 5.41) is 12.2. The quantitative estimate of drug-likeness (QED) is 0.646. The molecule has 142 valence electrons. The fourth-order valence-corrected chi connectivity index (χ4v) is 2.92. The van der Waals surface area contributed by atoms with Gasteiger partial charge in [-0.25, -0.2) is 4.79 Å². The molecule has 3 aromatic rings. The molecule has 0 heterocycles. The zero-order valence-corrected chi connectivity index (χ0v) is 15.5. The summed E-state index contributed by atoms with van der Waals surface area (Å²) in [5.41, 5.74) is 3.35. The van der Waals surface area contributed by atoms with Crippen molar-refractivity contribution in [3.8, 4) is 16.9 Å². The minimum absolute atomic E-state index is 0.0150. The lowest BCUT2D eigenvalue weighted by molar-refractivity contribution is -0.142. The van der Waals surface area contributed by atoms with Crippen molar-refractivity contribution >= 4 is 11.9 Å². The van der Waals surface area contributed by atoms with Crippen molar-refractivity contribution in [1.82, 2.24) is 5.32 Å². The third-order valence-electron chi connectivity index (χ3n) is 4.40. The highest BCUT2D eigenvalue weighted by molar-refractivity contribution is 5.97. The summed E-state index contributed by atoms with van der Waals surface area (Å²) in [5.74, 6) is -0.994. The van der Waals surface area contributed by atoms with Gasteiger partial charge >= 0.3 is 5.97 Å². The molecule has 0 aliphatic rings. The molecule has 0 saturated carbocycles. The first-order valence-corrected chi connectivity index (χ1v) is 8.89. The number of rotatable bonds is 6. The first-order valence-electron chi connectivity index (χ1n) is 8.89. The molecule has 3 aromatic carbocycles. The number of benzene rings is 3. The number of hydrogen-bond acceptors (Lipinski definition) is 4. The van der Waals surface area contributed by atoms with Gasteiger partial charge in [-0.05, 0) is 34.9 Å². The number of methoxy groups -OCH3 is 1. The van der Waals surface area contributed by atoms with E-state index in [1.54, 1.807) is 12.1 Å². The van der Waals surface area contributed by atoms with Gasteiger partial charge in [-0.15, -0.1) is 0 Å². The number of esters is 1. The lowest BCUT2D eigenvalue weighted by atomic mass is 10.0. The van der Waals surface area contributed by atoms with Crippen LogP contribution in [0.3, 0.4) is 0 Å². The Labute approximate surface area is 163 Å². The van der Waals surface area contributed by atoms with Crippen molar-refractivity contribution in [3.63, 3.8) is 0 Å². The highest BCUT2D eigenvalue weighted by Crippen LogP contribution is 2.20. The van der Waals surface area contributed by atoms with E-state index < -0.39 is 17.9 Å². The van der Waals surface area contributed by atoms with E-state index in [1.807, 2.05) is 54.6 Å². The summed E-state index contributed by atoms with van der Waals surface area (Å²) in [6, 6.07) is 22.9. The van der Waals surface area contributed by atoms with Gasteiger partial charge in [0, 0.05) is 12.0 Å². The van der Waals surface area contributed by atoms with Gasteiger partial charge in [0.1, 0.15) is 11.8 Å². The van der Waals surface area contributed by atoms with Crippen molar-refractivity contribution in [2.45, 2.75) is 12.5 Å². The Morgan fingerprint density at radius 2 is 1.61 bits per heavy atom. The first kappa shape index (κ1) is 19.2. The Balaban J connectivity index is 1.74. The number of ether oxygens (including phenoxy) is 1. The summed E-state index contributed by atoms with van der Waals surface area (Å²) in [7, 11) is 1.29. The maximum absolute atomic E-state index is 12.4. The van der Waals surface area contributed by atoms with Gasteiger partial charge < -0.3 is 15.2 Å². The van der Waals surface area contributed by atoms with Crippen LogP contribution in [0.2, 0.25) is 0 Å². The summed E-state index contributed by atoms with van der Waals surface area (Å²) < 4.78 is 4.84. The molecule has 28 heavy (non-hydrogen) atoms. The van der Waals surface area contributed by atoms with Crippen molar-refractivity contribution in [2.24, 2.45) is 0 Å². The molecule has 0 fully saturated rings. The second kappa shape index (κ2) is 8.86. The molecule has 0 spiro atoms. The van der Waals surface area contributed by atoms with Gasteiger partial charge in [-0.1, -0.05) is 60.7 Å². The van der Waals surface area contributed by atoms with E-state index in [1.165, 1.54) is 19.2 Å². The minimum Gasteiger partial charge on any atom is -0.508 e. The Hall–Kier alpha value is -3.60. The third-order valence-corrected chi connectivity index (χ3v) is 4.40. The Bertz CT molecular complexity index is 952. The van der Waals surface area contributed by atoms with Crippen molar-refractivity contribution < 1.29 is 19.4 Å². The van der Waals surface area contributed by atoms with Crippen LogP contribution >= 0.6 is 0 Å². The second-order valence-corrected chi connectivity index (χ2v) is 6.37. The predicted octanol–water partition coefficient (Wildman–Crippen LogP) is 3.57. The lowest BCUT2D eigenvalue weighted by Gasteiger charge is -2.17. The van der Waals surface area contributed by atoms with Gasteiger partial charge in [0.25, 0.3) is 5.91 Å². The highest BCUT2D eigenvalue weighted by Gasteiger charge is 2.22. The van der Waals surface area contributed by atoms with Gasteiger partial charge in [-0.3, -0.25) is 4.79 Å². The standard InChI is InChI=1S/C23H21NO4/c1-28-23(27)21(24-22(26)19-8-5-9-20(25)15-19)14-16-10-12-18(13-11-16)17-6-3-2-4-7-17/h2-13,15,21,25H,14H2,1H3,(H,24,26)/t21-/m1/s1. The average molecular weight is 375 g/mol. The zero-order valence-electron chi connectivity index (χ0n) is 15.5. The van der Waals surface area contributed by atoms with Crippen molar-refractivity contribution in [1.29, 1.82) is 0 Å². The molecule has 0 bridgehead atoms. The molecule has 0 aliphatic heterocycles. The number of amides is 1. The zero-order chi connectivity index (χ0) is 19.9. The second-order valence-electron chi connectivity index (χ2n) is 6.37. The number of carbonyl (C=O) groups is 2.